The molecule has 0 spiro atoms. The molecule has 0 atom stereocenters. The van der Waals surface area contributed by atoms with E-state index in [1.807, 2.05) is 48.5 Å². The minimum atomic E-state index is -4.81. The van der Waals surface area contributed by atoms with Crippen molar-refractivity contribution < 1.29 is 27.4 Å². The summed E-state index contributed by atoms with van der Waals surface area (Å²) < 4.78 is 48.9. The maximum absolute atomic E-state index is 12.6. The third-order valence-electron chi connectivity index (χ3n) is 4.63. The van der Waals surface area contributed by atoms with Crippen molar-refractivity contribution in [1.82, 2.24) is 0 Å². The minimum absolute atomic E-state index is 0.163. The lowest BCUT2D eigenvalue weighted by Crippen LogP contribution is -2.33. The number of benzene rings is 3. The summed E-state index contributed by atoms with van der Waals surface area (Å²) in [6.45, 7) is 6.02. The standard InChI is InChI=1S/C23H21F3O3/c1-15(23(24,25)26)21(27)29-22(2,3)12-13-28-20-18-10-6-4-8-16(18)14-17-9-5-7-11-19(17)20/h4-11,14H,1,12-13H2,2-3H3. The van der Waals surface area contributed by atoms with Gasteiger partial charge in [-0.2, -0.15) is 13.2 Å². The van der Waals surface area contributed by atoms with Gasteiger partial charge in [0, 0.05) is 17.2 Å². The fourth-order valence-electron chi connectivity index (χ4n) is 3.01. The van der Waals surface area contributed by atoms with Crippen LogP contribution >= 0.6 is 0 Å². The first-order valence-corrected chi connectivity index (χ1v) is 9.11. The molecule has 3 nitrogen and oxygen atoms in total. The fourth-order valence-corrected chi connectivity index (χ4v) is 3.01. The molecule has 3 rings (SSSR count). The van der Waals surface area contributed by atoms with Gasteiger partial charge in [0.2, 0.25) is 0 Å². The Hall–Kier alpha value is -3.02. The van der Waals surface area contributed by atoms with Crippen LogP contribution in [0.4, 0.5) is 13.2 Å². The van der Waals surface area contributed by atoms with Gasteiger partial charge in [0.05, 0.1) is 6.61 Å². The Labute approximate surface area is 166 Å². The molecule has 0 aliphatic rings. The zero-order chi connectivity index (χ0) is 21.2. The van der Waals surface area contributed by atoms with E-state index in [4.69, 9.17) is 9.47 Å². The van der Waals surface area contributed by atoms with E-state index in [1.54, 1.807) is 13.8 Å². The first-order chi connectivity index (χ1) is 13.6. The van der Waals surface area contributed by atoms with Gasteiger partial charge in [-0.25, -0.2) is 4.79 Å². The van der Waals surface area contributed by atoms with Gasteiger partial charge in [-0.1, -0.05) is 55.1 Å². The lowest BCUT2D eigenvalue weighted by Gasteiger charge is -2.26. The third-order valence-corrected chi connectivity index (χ3v) is 4.63. The normalized spacial score (nSPS) is 12.2. The zero-order valence-electron chi connectivity index (χ0n) is 16.2. The van der Waals surface area contributed by atoms with Crippen LogP contribution in [-0.4, -0.2) is 24.4 Å². The Morgan fingerprint density at radius 3 is 2.00 bits per heavy atom. The number of carbonyl (C=O) groups is 1. The number of ether oxygens (including phenoxy) is 2. The van der Waals surface area contributed by atoms with Gasteiger partial charge < -0.3 is 9.47 Å². The van der Waals surface area contributed by atoms with Gasteiger partial charge in [-0.15, -0.1) is 0 Å². The molecule has 0 amide bonds. The maximum atomic E-state index is 12.6. The van der Waals surface area contributed by atoms with Crippen LogP contribution in [-0.2, 0) is 9.53 Å². The topological polar surface area (TPSA) is 35.5 Å². The summed E-state index contributed by atoms with van der Waals surface area (Å²) in [6.07, 6.45) is -4.60. The smallest absolute Gasteiger partial charge is 0.422 e. The molecule has 0 N–H and O–H groups in total. The number of halogens is 3. The molecule has 6 heteroatoms. The predicted molar refractivity (Wildman–Crippen MR) is 107 cm³/mol. The highest BCUT2D eigenvalue weighted by Gasteiger charge is 2.39. The number of alkyl halides is 3. The van der Waals surface area contributed by atoms with Gasteiger partial charge >= 0.3 is 12.1 Å². The van der Waals surface area contributed by atoms with Crippen LogP contribution in [0.15, 0.2) is 66.7 Å². The number of hydrogen-bond donors (Lipinski definition) is 0. The van der Waals surface area contributed by atoms with Crippen LogP contribution in [0.3, 0.4) is 0 Å². The molecule has 152 valence electrons. The van der Waals surface area contributed by atoms with Gasteiger partial charge in [0.25, 0.3) is 0 Å². The molecule has 29 heavy (non-hydrogen) atoms. The Kier molecular flexibility index (Phi) is 5.55. The van der Waals surface area contributed by atoms with E-state index in [0.717, 1.165) is 21.5 Å². The van der Waals surface area contributed by atoms with E-state index in [1.165, 1.54) is 0 Å². The number of esters is 1. The molecule has 0 saturated carbocycles. The summed E-state index contributed by atoms with van der Waals surface area (Å²) in [6, 6.07) is 17.7. The highest BCUT2D eigenvalue weighted by atomic mass is 19.4. The van der Waals surface area contributed by atoms with Gasteiger partial charge in [0.15, 0.2) is 0 Å². The van der Waals surface area contributed by atoms with Crippen molar-refractivity contribution in [3.63, 3.8) is 0 Å². The Bertz CT molecular complexity index is 1010. The summed E-state index contributed by atoms with van der Waals surface area (Å²) in [5, 5.41) is 3.92. The van der Waals surface area contributed by atoms with Crippen LogP contribution in [0.25, 0.3) is 21.5 Å². The van der Waals surface area contributed by atoms with E-state index in [2.05, 4.69) is 12.6 Å². The molecule has 0 heterocycles. The Balaban J connectivity index is 1.76. The summed E-state index contributed by atoms with van der Waals surface area (Å²) in [5.41, 5.74) is -2.67. The Morgan fingerprint density at radius 2 is 1.48 bits per heavy atom. The van der Waals surface area contributed by atoms with Crippen LogP contribution in [0.2, 0.25) is 0 Å². The van der Waals surface area contributed by atoms with E-state index in [-0.39, 0.29) is 13.0 Å². The van der Waals surface area contributed by atoms with Crippen LogP contribution < -0.4 is 4.74 Å². The van der Waals surface area contributed by atoms with E-state index in [9.17, 15) is 18.0 Å². The average Bonchev–Trinajstić information content (AvgIpc) is 2.65. The maximum Gasteiger partial charge on any atom is 0.422 e. The van der Waals surface area contributed by atoms with Gasteiger partial charge in [-0.05, 0) is 30.7 Å². The second kappa shape index (κ2) is 7.78. The molecule has 0 aliphatic heterocycles. The monoisotopic (exact) mass is 402 g/mol. The van der Waals surface area contributed by atoms with Crippen molar-refractivity contribution in [2.75, 3.05) is 6.61 Å². The van der Waals surface area contributed by atoms with Crippen molar-refractivity contribution in [1.29, 1.82) is 0 Å². The third kappa shape index (κ3) is 4.70. The van der Waals surface area contributed by atoms with Gasteiger partial charge in [-0.3, -0.25) is 0 Å². The fraction of sp³-hybridized carbons (Fsp3) is 0.261. The number of rotatable bonds is 6. The van der Waals surface area contributed by atoms with Crippen LogP contribution in [0.1, 0.15) is 20.3 Å². The number of carbonyl (C=O) groups excluding carboxylic acids is 1. The van der Waals surface area contributed by atoms with E-state index in [0.29, 0.717) is 5.75 Å². The second-order valence-electron chi connectivity index (χ2n) is 7.37. The molecule has 3 aromatic rings. The molecular weight excluding hydrogens is 381 g/mol. The van der Waals surface area contributed by atoms with Crippen molar-refractivity contribution in [2.45, 2.75) is 32.0 Å². The molecular formula is C23H21F3O3. The molecule has 0 bridgehead atoms. The van der Waals surface area contributed by atoms with Gasteiger partial charge in [0.1, 0.15) is 16.9 Å². The van der Waals surface area contributed by atoms with E-state index < -0.39 is 23.3 Å². The molecule has 3 aromatic carbocycles. The first kappa shape index (κ1) is 20.7. The number of hydrogen-bond acceptors (Lipinski definition) is 3. The quantitative estimate of drug-likeness (QED) is 0.280. The van der Waals surface area contributed by atoms with Crippen molar-refractivity contribution in [2.24, 2.45) is 0 Å². The molecule has 0 saturated heterocycles. The minimum Gasteiger partial charge on any atom is -0.492 e. The molecule has 0 unspecified atom stereocenters. The average molecular weight is 402 g/mol. The zero-order valence-corrected chi connectivity index (χ0v) is 16.2. The molecule has 0 aromatic heterocycles. The number of fused-ring (bicyclic) bond motifs is 2. The highest BCUT2D eigenvalue weighted by Crippen LogP contribution is 2.35. The van der Waals surface area contributed by atoms with E-state index >= 15 is 0 Å². The Morgan fingerprint density at radius 1 is 0.966 bits per heavy atom. The molecule has 0 aliphatic carbocycles. The van der Waals surface area contributed by atoms with Crippen LogP contribution in [0.5, 0.6) is 5.75 Å². The molecule has 0 fully saturated rings. The summed E-state index contributed by atoms with van der Waals surface area (Å²) >= 11 is 0. The first-order valence-electron chi connectivity index (χ1n) is 9.11. The predicted octanol–water partition coefficient (Wildman–Crippen LogP) is 6.20. The van der Waals surface area contributed by atoms with Crippen molar-refractivity contribution in [3.8, 4) is 5.75 Å². The largest absolute Gasteiger partial charge is 0.492 e. The SMILES string of the molecule is C=C(C(=O)OC(C)(C)CCOc1c2ccccc2cc2ccccc12)C(F)(F)F. The van der Waals surface area contributed by atoms with Crippen molar-refractivity contribution in [3.05, 3.63) is 66.7 Å². The van der Waals surface area contributed by atoms with Crippen molar-refractivity contribution >= 4 is 27.5 Å². The second-order valence-corrected chi connectivity index (χ2v) is 7.37. The lowest BCUT2D eigenvalue weighted by atomic mass is 10.0. The summed E-state index contributed by atoms with van der Waals surface area (Å²) in [5.74, 6) is -0.779. The molecule has 0 radical (unpaired) electrons. The lowest BCUT2D eigenvalue weighted by molar-refractivity contribution is -0.162. The summed E-state index contributed by atoms with van der Waals surface area (Å²) in [7, 11) is 0. The van der Waals surface area contributed by atoms with Crippen LogP contribution in [0, 0.1) is 0 Å². The summed E-state index contributed by atoms with van der Waals surface area (Å²) in [4.78, 5) is 11.7. The highest BCUT2D eigenvalue weighted by molar-refractivity contribution is 6.05.